The topological polar surface area (TPSA) is 119 Å². The summed E-state index contributed by atoms with van der Waals surface area (Å²) in [6, 6.07) is 5.64. The van der Waals surface area contributed by atoms with Crippen molar-refractivity contribution >= 4 is 22.8 Å². The molecule has 0 saturated heterocycles. The minimum atomic E-state index is -0.404. The number of amides is 1. The minimum Gasteiger partial charge on any atom is -0.497 e. The average molecular weight is 275 g/mol. The monoisotopic (exact) mass is 275 g/mol. The minimum absolute atomic E-state index is 0.189. The molecule has 7 heteroatoms. The quantitative estimate of drug-likeness (QED) is 0.371. The Balaban J connectivity index is 2.32. The number of rotatable bonds is 4. The van der Waals surface area contributed by atoms with Crippen LogP contribution in [0.15, 0.2) is 29.5 Å². The lowest BCUT2D eigenvalue weighted by atomic mass is 10.00. The number of fused-ring (bicyclic) bond motifs is 1. The summed E-state index contributed by atoms with van der Waals surface area (Å²) in [6.07, 6.45) is 1.80. The number of hydrazone groups is 1. The second-order valence-corrected chi connectivity index (χ2v) is 4.39. The summed E-state index contributed by atoms with van der Waals surface area (Å²) in [7, 11) is 1.60. The van der Waals surface area contributed by atoms with Crippen molar-refractivity contribution in [2.75, 3.05) is 7.11 Å². The first-order valence-corrected chi connectivity index (χ1v) is 6.06. The van der Waals surface area contributed by atoms with Gasteiger partial charge in [0.1, 0.15) is 5.75 Å². The van der Waals surface area contributed by atoms with Gasteiger partial charge in [0.2, 0.25) is 11.9 Å². The predicted molar refractivity (Wildman–Crippen MR) is 77.2 cm³/mol. The first kappa shape index (κ1) is 13.7. The van der Waals surface area contributed by atoms with E-state index in [9.17, 15) is 4.79 Å². The number of guanidine groups is 1. The Morgan fingerprint density at radius 2 is 2.20 bits per heavy atom. The van der Waals surface area contributed by atoms with Crippen LogP contribution in [-0.4, -0.2) is 24.0 Å². The fraction of sp³-hybridized carbons (Fsp3) is 0.231. The molecule has 1 aromatic carbocycles. The fourth-order valence-electron chi connectivity index (χ4n) is 1.96. The number of aromatic nitrogens is 1. The number of benzene rings is 1. The van der Waals surface area contributed by atoms with Gasteiger partial charge in [0.05, 0.1) is 13.0 Å². The van der Waals surface area contributed by atoms with Crippen LogP contribution in [0.25, 0.3) is 10.9 Å². The molecule has 106 valence electrons. The van der Waals surface area contributed by atoms with Crippen LogP contribution < -0.4 is 21.6 Å². The Bertz CT molecular complexity index is 658. The van der Waals surface area contributed by atoms with Crippen molar-refractivity contribution < 1.29 is 9.53 Å². The zero-order valence-corrected chi connectivity index (χ0v) is 11.3. The Morgan fingerprint density at radius 3 is 2.85 bits per heavy atom. The maximum atomic E-state index is 12.0. The van der Waals surface area contributed by atoms with Gasteiger partial charge in [-0.2, -0.15) is 0 Å². The molecule has 1 amide bonds. The smallest absolute Gasteiger partial charge is 0.247 e. The van der Waals surface area contributed by atoms with Gasteiger partial charge in [-0.1, -0.05) is 0 Å². The number of hydrogen-bond donors (Lipinski definition) is 4. The molecule has 0 aliphatic rings. The molecule has 20 heavy (non-hydrogen) atoms. The first-order valence-electron chi connectivity index (χ1n) is 6.06. The molecule has 0 radical (unpaired) electrons. The van der Waals surface area contributed by atoms with Crippen LogP contribution in [0.5, 0.6) is 5.75 Å². The second-order valence-electron chi connectivity index (χ2n) is 4.39. The van der Waals surface area contributed by atoms with Crippen LogP contribution in [0.3, 0.4) is 0 Å². The number of hydrogen-bond acceptors (Lipinski definition) is 3. The highest BCUT2D eigenvalue weighted by Crippen LogP contribution is 2.28. The average Bonchev–Trinajstić information content (AvgIpc) is 2.86. The highest BCUT2D eigenvalue weighted by Gasteiger charge is 2.19. The third-order valence-corrected chi connectivity index (χ3v) is 3.08. The fourth-order valence-corrected chi connectivity index (χ4v) is 1.96. The summed E-state index contributed by atoms with van der Waals surface area (Å²) in [4.78, 5) is 15.1. The summed E-state index contributed by atoms with van der Waals surface area (Å²) in [5, 5.41) is 4.43. The largest absolute Gasteiger partial charge is 0.497 e. The summed E-state index contributed by atoms with van der Waals surface area (Å²) < 4.78 is 5.20. The Labute approximate surface area is 116 Å². The SMILES string of the molecule is COc1ccc2[nH]cc(C(C)C(=O)NN=C(N)N)c2c1. The lowest BCUT2D eigenvalue weighted by Gasteiger charge is -2.09. The van der Waals surface area contributed by atoms with E-state index < -0.39 is 5.92 Å². The van der Waals surface area contributed by atoms with Gasteiger partial charge in [0.25, 0.3) is 0 Å². The van der Waals surface area contributed by atoms with Crippen LogP contribution in [0.1, 0.15) is 18.4 Å². The predicted octanol–water partition coefficient (Wildman–Crippen LogP) is 0.585. The normalized spacial score (nSPS) is 11.9. The van der Waals surface area contributed by atoms with Crippen molar-refractivity contribution in [1.29, 1.82) is 0 Å². The third kappa shape index (κ3) is 2.66. The molecule has 6 N–H and O–H groups in total. The number of aromatic amines is 1. The maximum Gasteiger partial charge on any atom is 0.247 e. The van der Waals surface area contributed by atoms with Gasteiger partial charge in [0, 0.05) is 17.1 Å². The molecule has 0 spiro atoms. The number of nitrogens with zero attached hydrogens (tertiary/aromatic N) is 1. The molecule has 0 aliphatic carbocycles. The van der Waals surface area contributed by atoms with Gasteiger partial charge in [0.15, 0.2) is 0 Å². The number of nitrogens with one attached hydrogen (secondary N) is 2. The molecule has 2 rings (SSSR count). The van der Waals surface area contributed by atoms with E-state index in [0.29, 0.717) is 0 Å². The van der Waals surface area contributed by atoms with Crippen LogP contribution in [-0.2, 0) is 4.79 Å². The molecular formula is C13H17N5O2. The zero-order valence-electron chi connectivity index (χ0n) is 11.3. The maximum absolute atomic E-state index is 12.0. The number of H-pyrrole nitrogens is 1. The van der Waals surface area contributed by atoms with E-state index in [0.717, 1.165) is 22.2 Å². The van der Waals surface area contributed by atoms with Crippen molar-refractivity contribution in [3.05, 3.63) is 30.0 Å². The van der Waals surface area contributed by atoms with Gasteiger partial charge in [-0.05, 0) is 30.7 Å². The molecule has 0 fully saturated rings. The highest BCUT2D eigenvalue weighted by molar-refractivity contribution is 5.92. The molecule has 1 aromatic heterocycles. The molecule has 1 atom stereocenters. The Kier molecular flexibility index (Phi) is 3.79. The number of methoxy groups -OCH3 is 1. The van der Waals surface area contributed by atoms with E-state index in [1.54, 1.807) is 20.2 Å². The summed E-state index contributed by atoms with van der Waals surface area (Å²) in [5.74, 6) is -0.151. The van der Waals surface area contributed by atoms with Gasteiger partial charge < -0.3 is 21.2 Å². The van der Waals surface area contributed by atoms with E-state index >= 15 is 0 Å². The standard InChI is InChI=1S/C13H17N5O2/c1-7(12(19)17-18-13(14)15)10-6-16-11-4-3-8(20-2)5-9(10)11/h3-7,16H,1-2H3,(H,17,19)(H4,14,15,18). The van der Waals surface area contributed by atoms with Crippen LogP contribution in [0.4, 0.5) is 0 Å². The van der Waals surface area contributed by atoms with Gasteiger partial charge in [-0.25, -0.2) is 5.43 Å². The number of carbonyl (C=O) groups excluding carboxylic acids is 1. The van der Waals surface area contributed by atoms with Crippen molar-refractivity contribution in [2.45, 2.75) is 12.8 Å². The second kappa shape index (κ2) is 5.52. The van der Waals surface area contributed by atoms with Crippen molar-refractivity contribution in [2.24, 2.45) is 16.6 Å². The molecular weight excluding hydrogens is 258 g/mol. The number of carbonyl (C=O) groups is 1. The van der Waals surface area contributed by atoms with E-state index in [-0.39, 0.29) is 11.9 Å². The lowest BCUT2D eigenvalue weighted by molar-refractivity contribution is -0.122. The zero-order chi connectivity index (χ0) is 14.7. The van der Waals surface area contributed by atoms with Gasteiger partial charge >= 0.3 is 0 Å². The molecule has 1 heterocycles. The van der Waals surface area contributed by atoms with E-state index in [1.807, 2.05) is 18.2 Å². The molecule has 7 nitrogen and oxygen atoms in total. The molecule has 0 aliphatic heterocycles. The van der Waals surface area contributed by atoms with Crippen LogP contribution in [0, 0.1) is 0 Å². The summed E-state index contributed by atoms with van der Waals surface area (Å²) in [6.45, 7) is 1.78. The Morgan fingerprint density at radius 1 is 1.45 bits per heavy atom. The summed E-state index contributed by atoms with van der Waals surface area (Å²) >= 11 is 0. The van der Waals surface area contributed by atoms with Gasteiger partial charge in [-0.3, -0.25) is 4.79 Å². The lowest BCUT2D eigenvalue weighted by Crippen LogP contribution is -2.30. The Hall–Kier alpha value is -2.70. The van der Waals surface area contributed by atoms with E-state index in [1.165, 1.54) is 0 Å². The number of nitrogens with two attached hydrogens (primary N) is 2. The van der Waals surface area contributed by atoms with Crippen molar-refractivity contribution in [3.8, 4) is 5.75 Å². The third-order valence-electron chi connectivity index (χ3n) is 3.08. The number of ether oxygens (including phenoxy) is 1. The van der Waals surface area contributed by atoms with Crippen molar-refractivity contribution in [1.82, 2.24) is 10.4 Å². The first-order chi connectivity index (χ1) is 9.52. The van der Waals surface area contributed by atoms with Crippen molar-refractivity contribution in [3.63, 3.8) is 0 Å². The van der Waals surface area contributed by atoms with Crippen LogP contribution >= 0.6 is 0 Å². The van der Waals surface area contributed by atoms with E-state index in [4.69, 9.17) is 16.2 Å². The van der Waals surface area contributed by atoms with Gasteiger partial charge in [-0.15, -0.1) is 5.10 Å². The van der Waals surface area contributed by atoms with Crippen LogP contribution in [0.2, 0.25) is 0 Å². The molecule has 0 bridgehead atoms. The molecule has 2 aromatic rings. The summed E-state index contributed by atoms with van der Waals surface area (Å²) in [5.41, 5.74) is 14.5. The highest BCUT2D eigenvalue weighted by atomic mass is 16.5. The van der Waals surface area contributed by atoms with E-state index in [2.05, 4.69) is 15.5 Å². The molecule has 0 saturated carbocycles. The molecule has 1 unspecified atom stereocenters.